The summed E-state index contributed by atoms with van der Waals surface area (Å²) in [6.45, 7) is 20.2. The van der Waals surface area contributed by atoms with Crippen LogP contribution in [0.15, 0.2) is 36.7 Å². The molecule has 0 saturated carbocycles. The molecule has 56 heavy (non-hydrogen) atoms. The summed E-state index contributed by atoms with van der Waals surface area (Å²) in [6.07, 6.45) is 4.63. The number of nitrogens with one attached hydrogen (secondary N) is 4. The lowest BCUT2D eigenvalue weighted by Gasteiger charge is -2.33. The molecule has 14 heteroatoms. The van der Waals surface area contributed by atoms with Gasteiger partial charge < -0.3 is 39.9 Å². The van der Waals surface area contributed by atoms with E-state index in [-0.39, 0.29) is 49.5 Å². The van der Waals surface area contributed by atoms with Crippen LogP contribution >= 0.6 is 0 Å². The summed E-state index contributed by atoms with van der Waals surface area (Å²) in [7, 11) is 2.51. The lowest BCUT2D eigenvalue weighted by Crippen LogP contribution is -2.53. The van der Waals surface area contributed by atoms with Crippen molar-refractivity contribution in [3.63, 3.8) is 0 Å². The van der Waals surface area contributed by atoms with Crippen LogP contribution in [-0.4, -0.2) is 92.6 Å². The molecular weight excluding hydrogens is 713 g/mol. The summed E-state index contributed by atoms with van der Waals surface area (Å²) < 4.78 is 9.27. The van der Waals surface area contributed by atoms with Crippen molar-refractivity contribution in [1.82, 2.24) is 40.4 Å². The minimum absolute atomic E-state index is 0.0648. The summed E-state index contributed by atoms with van der Waals surface area (Å²) >= 11 is 0. The highest BCUT2D eigenvalue weighted by molar-refractivity contribution is 5.86. The number of aromatic amines is 2. The third-order valence-electron chi connectivity index (χ3n) is 8.28. The summed E-state index contributed by atoms with van der Waals surface area (Å²) in [5.74, 6) is 12.9. The molecule has 3 rings (SSSR count). The Morgan fingerprint density at radius 2 is 1.14 bits per heavy atom. The Balaban J connectivity index is 0.00000298. The molecule has 2 heterocycles. The van der Waals surface area contributed by atoms with Gasteiger partial charge in [0.05, 0.1) is 39.7 Å². The Kier molecular flexibility index (Phi) is 22.5. The first-order chi connectivity index (χ1) is 26.8. The normalized spacial score (nSPS) is 11.6. The van der Waals surface area contributed by atoms with E-state index in [0.29, 0.717) is 23.0 Å². The van der Waals surface area contributed by atoms with Gasteiger partial charge in [0.2, 0.25) is 11.8 Å². The van der Waals surface area contributed by atoms with Gasteiger partial charge >= 0.3 is 12.2 Å². The fourth-order valence-corrected chi connectivity index (χ4v) is 4.83. The molecule has 306 valence electrons. The van der Waals surface area contributed by atoms with Gasteiger partial charge in [-0.3, -0.25) is 9.59 Å². The number of carbonyl (C=O) groups excluding carboxylic acids is 4. The van der Waals surface area contributed by atoms with E-state index >= 15 is 0 Å². The molecule has 0 aliphatic carbocycles. The lowest BCUT2D eigenvalue weighted by atomic mass is 10.0. The molecule has 0 aliphatic heterocycles. The average molecular weight is 775 g/mol. The number of rotatable bonds is 13. The molecule has 14 nitrogen and oxygen atoms in total. The Labute approximate surface area is 333 Å². The predicted octanol–water partition coefficient (Wildman–Crippen LogP) is 6.37. The topological polar surface area (TPSA) is 175 Å². The number of alkyl carbamates (subject to hydrolysis) is 2. The molecule has 0 radical (unpaired) electrons. The number of hydrogen-bond donors (Lipinski definition) is 4. The second-order valence-corrected chi connectivity index (χ2v) is 13.0. The van der Waals surface area contributed by atoms with E-state index in [9.17, 15) is 19.2 Å². The van der Waals surface area contributed by atoms with E-state index in [1.807, 2.05) is 79.7 Å². The van der Waals surface area contributed by atoms with E-state index in [0.717, 1.165) is 24.0 Å². The molecule has 0 spiro atoms. The van der Waals surface area contributed by atoms with Crippen LogP contribution in [0.5, 0.6) is 0 Å². The highest BCUT2D eigenvalue weighted by atomic mass is 16.5. The quantitative estimate of drug-likeness (QED) is 0.145. The Morgan fingerprint density at radius 3 is 1.55 bits per heavy atom. The summed E-state index contributed by atoms with van der Waals surface area (Å²) in [6, 6.07) is 6.58. The average Bonchev–Trinajstić information content (AvgIpc) is 3.87. The molecule has 3 aromatic rings. The van der Waals surface area contributed by atoms with Crippen LogP contribution in [0, 0.1) is 29.6 Å². The first-order valence-electron chi connectivity index (χ1n) is 19.3. The molecule has 4 amide bonds. The molecular formula is C42H62N8O6. The summed E-state index contributed by atoms with van der Waals surface area (Å²) in [5.41, 5.74) is 2.76. The number of amides is 4. The first-order valence-corrected chi connectivity index (χ1v) is 19.3. The summed E-state index contributed by atoms with van der Waals surface area (Å²) in [5, 5.41) is 5.08. The van der Waals surface area contributed by atoms with Gasteiger partial charge in [-0.15, -0.1) is 0 Å². The monoisotopic (exact) mass is 774 g/mol. The minimum Gasteiger partial charge on any atom is -0.453 e. The van der Waals surface area contributed by atoms with Crippen molar-refractivity contribution < 1.29 is 28.7 Å². The number of nitrogens with zero attached hydrogens (tertiary/aromatic N) is 4. The lowest BCUT2D eigenvalue weighted by molar-refractivity contribution is -0.137. The maximum absolute atomic E-state index is 13.5. The standard InChI is InChI=1S/C37H48N8O6.C3H8.C2H6/c1-9-25(5)44(33(46)21-40-36(48)50-7)22-31-38-19-29(41-31)17-15-27-11-13-28(14-12-27)16-18-30-20-39-32(42-30)23-45(26(6)10-2)35(47)34(24(3)4)43-37(49)51-8;1-3-2;1-2/h11-14,19-20,24-26,34H,9-10,21-23H2,1-8H3,(H,38,41)(H,39,42)(H,40,48)(H,43,49);3H2,1-2H3;1-2H3/t25-,26-,34-;;/m0../s1. The number of aromatic nitrogens is 4. The zero-order chi connectivity index (χ0) is 42.2. The molecule has 0 aliphatic rings. The Morgan fingerprint density at radius 1 is 0.714 bits per heavy atom. The van der Waals surface area contributed by atoms with Gasteiger partial charge in [0.15, 0.2) is 0 Å². The van der Waals surface area contributed by atoms with Crippen molar-refractivity contribution in [2.24, 2.45) is 5.92 Å². The molecule has 0 saturated heterocycles. The zero-order valence-electron chi connectivity index (χ0n) is 35.3. The minimum atomic E-state index is -0.739. The van der Waals surface area contributed by atoms with E-state index in [1.165, 1.54) is 20.6 Å². The van der Waals surface area contributed by atoms with Gasteiger partial charge in [0.25, 0.3) is 0 Å². The van der Waals surface area contributed by atoms with Gasteiger partial charge in [-0.2, -0.15) is 0 Å². The van der Waals surface area contributed by atoms with Gasteiger partial charge in [-0.25, -0.2) is 19.6 Å². The van der Waals surface area contributed by atoms with Crippen molar-refractivity contribution in [1.29, 1.82) is 0 Å². The number of H-pyrrole nitrogens is 2. The van der Waals surface area contributed by atoms with Gasteiger partial charge in [0, 0.05) is 23.2 Å². The fraction of sp³-hybridized carbons (Fsp3) is 0.524. The van der Waals surface area contributed by atoms with E-state index in [4.69, 9.17) is 4.74 Å². The van der Waals surface area contributed by atoms with Gasteiger partial charge in [-0.1, -0.05) is 73.7 Å². The Hall–Kier alpha value is -5.76. The first kappa shape index (κ1) is 48.3. The van der Waals surface area contributed by atoms with Crippen molar-refractivity contribution in [3.8, 4) is 23.7 Å². The zero-order valence-corrected chi connectivity index (χ0v) is 35.3. The molecule has 0 bridgehead atoms. The third-order valence-corrected chi connectivity index (χ3v) is 8.28. The SMILES string of the molecule is CC.CCC.CC[C@H](C)N(Cc1ncc(C#Cc2ccc(C#Cc3cnc(CN(C(=O)[C@@H](NC(=O)OC)C(C)C)[C@@H](C)CC)[nH]3)cc2)[nH]1)C(=O)CNC(=O)OC. The van der Waals surface area contributed by atoms with Crippen LogP contribution in [0.2, 0.25) is 0 Å². The van der Waals surface area contributed by atoms with Crippen LogP contribution in [0.25, 0.3) is 0 Å². The van der Waals surface area contributed by atoms with E-state index in [1.54, 1.807) is 22.2 Å². The molecule has 4 N–H and O–H groups in total. The molecule has 1 aromatic carbocycles. The van der Waals surface area contributed by atoms with Crippen LogP contribution in [0.4, 0.5) is 9.59 Å². The van der Waals surface area contributed by atoms with Crippen molar-refractivity contribution in [3.05, 3.63) is 70.8 Å². The molecule has 2 aromatic heterocycles. The molecule has 0 unspecified atom stereocenters. The number of imidazole rings is 2. The third kappa shape index (κ3) is 16.3. The Bertz CT molecular complexity index is 1780. The number of methoxy groups -OCH3 is 2. The second kappa shape index (κ2) is 26.1. The maximum Gasteiger partial charge on any atom is 0.407 e. The maximum atomic E-state index is 13.5. The van der Waals surface area contributed by atoms with E-state index < -0.39 is 18.2 Å². The number of benzene rings is 1. The van der Waals surface area contributed by atoms with Crippen molar-refractivity contribution in [2.75, 3.05) is 20.8 Å². The number of hydrogen-bond acceptors (Lipinski definition) is 8. The van der Waals surface area contributed by atoms with Crippen LogP contribution < -0.4 is 10.6 Å². The fourth-order valence-electron chi connectivity index (χ4n) is 4.83. The number of carbonyl (C=O) groups is 4. The largest absolute Gasteiger partial charge is 0.453 e. The molecule has 0 fully saturated rings. The van der Waals surface area contributed by atoms with Crippen LogP contribution in [0.1, 0.15) is 123 Å². The van der Waals surface area contributed by atoms with Gasteiger partial charge in [-0.05, 0) is 68.7 Å². The van der Waals surface area contributed by atoms with E-state index in [2.05, 4.69) is 72.8 Å². The van der Waals surface area contributed by atoms with Crippen molar-refractivity contribution >= 4 is 24.0 Å². The smallest absolute Gasteiger partial charge is 0.407 e. The predicted molar refractivity (Wildman–Crippen MR) is 218 cm³/mol. The second-order valence-electron chi connectivity index (χ2n) is 13.0. The highest BCUT2D eigenvalue weighted by Gasteiger charge is 2.31. The summed E-state index contributed by atoms with van der Waals surface area (Å²) in [4.78, 5) is 68.1. The van der Waals surface area contributed by atoms with Gasteiger partial charge in [0.1, 0.15) is 35.6 Å². The highest BCUT2D eigenvalue weighted by Crippen LogP contribution is 2.15. The van der Waals surface area contributed by atoms with Crippen LogP contribution in [-0.2, 0) is 32.2 Å². The van der Waals surface area contributed by atoms with Crippen molar-refractivity contribution in [2.45, 2.75) is 120 Å². The van der Waals surface area contributed by atoms with Crippen LogP contribution in [0.3, 0.4) is 0 Å². The number of ether oxygens (including phenoxy) is 2. The molecule has 3 atom stereocenters.